The van der Waals surface area contributed by atoms with Gasteiger partial charge < -0.3 is 4.57 Å². The molecule has 0 aliphatic carbocycles. The Morgan fingerprint density at radius 3 is 2.48 bits per heavy atom. The highest BCUT2D eigenvalue weighted by Gasteiger charge is 2.13. The summed E-state index contributed by atoms with van der Waals surface area (Å²) in [7, 11) is -3.47. The molecule has 0 radical (unpaired) electrons. The largest absolute Gasteiger partial charge is 0.331 e. The Balaban J connectivity index is 1.55. The minimum absolute atomic E-state index is 0.315. The van der Waals surface area contributed by atoms with Crippen molar-refractivity contribution < 1.29 is 8.42 Å². The fourth-order valence-corrected chi connectivity index (χ4v) is 4.07. The average molecular weight is 384 g/mol. The number of rotatable bonds is 9. The topological polar surface area (TPSA) is 64.0 Å². The standard InChI is InChI=1S/C21H25N3O2S/c1-2-7-18-10-12-20(13-11-18)27(25,26)23-14-6-16-24-17-15-22-21(24)19-8-4-3-5-9-19/h3-5,8-13,15,17,23H,2,6-7,14,16H2,1H3. The van der Waals surface area contributed by atoms with E-state index in [1.54, 1.807) is 18.3 Å². The lowest BCUT2D eigenvalue weighted by atomic mass is 10.1. The number of nitrogens with zero attached hydrogens (tertiary/aromatic N) is 2. The molecule has 0 atom stereocenters. The van der Waals surface area contributed by atoms with E-state index in [1.807, 2.05) is 53.2 Å². The van der Waals surface area contributed by atoms with Crippen LogP contribution in [0.4, 0.5) is 0 Å². The van der Waals surface area contributed by atoms with Crippen LogP contribution in [-0.2, 0) is 23.0 Å². The van der Waals surface area contributed by atoms with Gasteiger partial charge in [-0.2, -0.15) is 0 Å². The van der Waals surface area contributed by atoms with Crippen LogP contribution >= 0.6 is 0 Å². The van der Waals surface area contributed by atoms with Crippen LogP contribution in [0.2, 0.25) is 0 Å². The van der Waals surface area contributed by atoms with Gasteiger partial charge in [0.2, 0.25) is 10.0 Å². The zero-order valence-electron chi connectivity index (χ0n) is 15.5. The summed E-state index contributed by atoms with van der Waals surface area (Å²) in [6, 6.07) is 17.1. The Kier molecular flexibility index (Phi) is 6.42. The third-order valence-corrected chi connectivity index (χ3v) is 5.86. The fourth-order valence-electron chi connectivity index (χ4n) is 3.00. The number of imidazole rings is 1. The monoisotopic (exact) mass is 383 g/mol. The van der Waals surface area contributed by atoms with Gasteiger partial charge in [-0.3, -0.25) is 0 Å². The second kappa shape index (κ2) is 8.97. The Labute approximate surface area is 161 Å². The molecule has 3 rings (SSSR count). The van der Waals surface area contributed by atoms with Gasteiger partial charge in [0.25, 0.3) is 0 Å². The summed E-state index contributed by atoms with van der Waals surface area (Å²) in [5.74, 6) is 0.893. The summed E-state index contributed by atoms with van der Waals surface area (Å²) < 4.78 is 29.6. The highest BCUT2D eigenvalue weighted by molar-refractivity contribution is 7.89. The van der Waals surface area contributed by atoms with Gasteiger partial charge in [-0.05, 0) is 30.5 Å². The van der Waals surface area contributed by atoms with E-state index in [9.17, 15) is 8.42 Å². The van der Waals surface area contributed by atoms with E-state index in [1.165, 1.54) is 0 Å². The first kappa shape index (κ1) is 19.3. The summed E-state index contributed by atoms with van der Waals surface area (Å²) in [4.78, 5) is 4.72. The zero-order valence-corrected chi connectivity index (χ0v) is 16.3. The van der Waals surface area contributed by atoms with Gasteiger partial charge in [-0.15, -0.1) is 0 Å². The van der Waals surface area contributed by atoms with Crippen molar-refractivity contribution in [3.8, 4) is 11.4 Å². The lowest BCUT2D eigenvalue weighted by Gasteiger charge is -2.10. The molecule has 0 bridgehead atoms. The number of hydrogen-bond donors (Lipinski definition) is 1. The predicted octanol–water partition coefficient (Wildman–Crippen LogP) is 3.87. The second-order valence-electron chi connectivity index (χ2n) is 6.46. The van der Waals surface area contributed by atoms with Crippen molar-refractivity contribution in [2.75, 3.05) is 6.54 Å². The molecule has 0 saturated heterocycles. The van der Waals surface area contributed by atoms with E-state index in [2.05, 4.69) is 16.6 Å². The van der Waals surface area contributed by atoms with Gasteiger partial charge >= 0.3 is 0 Å². The molecule has 0 aliphatic rings. The first-order valence-electron chi connectivity index (χ1n) is 9.25. The second-order valence-corrected chi connectivity index (χ2v) is 8.22. The van der Waals surface area contributed by atoms with Crippen LogP contribution in [0.5, 0.6) is 0 Å². The van der Waals surface area contributed by atoms with Crippen LogP contribution in [0.25, 0.3) is 11.4 Å². The average Bonchev–Trinajstić information content (AvgIpc) is 3.15. The van der Waals surface area contributed by atoms with Crippen molar-refractivity contribution in [1.29, 1.82) is 0 Å². The highest BCUT2D eigenvalue weighted by Crippen LogP contribution is 2.17. The molecule has 0 unspecified atom stereocenters. The molecule has 1 heterocycles. The van der Waals surface area contributed by atoms with E-state index in [0.717, 1.165) is 29.8 Å². The van der Waals surface area contributed by atoms with E-state index in [-0.39, 0.29) is 0 Å². The molecule has 1 aromatic heterocycles. The molecule has 0 saturated carbocycles. The number of benzene rings is 2. The molecule has 0 spiro atoms. The summed E-state index contributed by atoms with van der Waals surface area (Å²) in [6.45, 7) is 3.18. The molecule has 2 aromatic carbocycles. The van der Waals surface area contributed by atoms with E-state index in [0.29, 0.717) is 24.4 Å². The number of aromatic nitrogens is 2. The van der Waals surface area contributed by atoms with Crippen LogP contribution in [0, 0.1) is 0 Å². The van der Waals surface area contributed by atoms with E-state index < -0.39 is 10.0 Å². The number of nitrogens with one attached hydrogen (secondary N) is 1. The van der Waals surface area contributed by atoms with Crippen molar-refractivity contribution in [3.63, 3.8) is 0 Å². The third-order valence-electron chi connectivity index (χ3n) is 4.39. The van der Waals surface area contributed by atoms with Gasteiger partial charge in [-0.1, -0.05) is 55.8 Å². The SMILES string of the molecule is CCCc1ccc(S(=O)(=O)NCCCn2ccnc2-c2ccccc2)cc1. The maximum Gasteiger partial charge on any atom is 0.240 e. The summed E-state index contributed by atoms with van der Waals surface area (Å²) in [6.07, 6.45) is 6.38. The quantitative estimate of drug-likeness (QED) is 0.571. The highest BCUT2D eigenvalue weighted by atomic mass is 32.2. The lowest BCUT2D eigenvalue weighted by molar-refractivity contribution is 0.570. The fraction of sp³-hybridized carbons (Fsp3) is 0.286. The molecule has 3 aromatic rings. The van der Waals surface area contributed by atoms with Crippen LogP contribution in [0.3, 0.4) is 0 Å². The summed E-state index contributed by atoms with van der Waals surface area (Å²) >= 11 is 0. The van der Waals surface area contributed by atoms with Crippen molar-refractivity contribution in [2.24, 2.45) is 0 Å². The maximum atomic E-state index is 12.4. The Bertz CT molecular complexity index is 949. The molecule has 142 valence electrons. The molecule has 6 heteroatoms. The molecular formula is C21H25N3O2S. The van der Waals surface area contributed by atoms with Gasteiger partial charge in [0.15, 0.2) is 0 Å². The normalized spacial score (nSPS) is 11.6. The van der Waals surface area contributed by atoms with Crippen LogP contribution in [0.1, 0.15) is 25.3 Å². The Morgan fingerprint density at radius 1 is 1.04 bits per heavy atom. The third kappa shape index (κ3) is 5.05. The first-order chi connectivity index (χ1) is 13.1. The zero-order chi connectivity index (χ0) is 19.1. The molecule has 0 aliphatic heterocycles. The van der Waals surface area contributed by atoms with Crippen molar-refractivity contribution in [3.05, 3.63) is 72.6 Å². The van der Waals surface area contributed by atoms with Crippen LogP contribution < -0.4 is 4.72 Å². The van der Waals surface area contributed by atoms with Gasteiger partial charge in [0.05, 0.1) is 4.90 Å². The summed E-state index contributed by atoms with van der Waals surface area (Å²) in [5.41, 5.74) is 2.21. The van der Waals surface area contributed by atoms with Gasteiger partial charge in [-0.25, -0.2) is 18.1 Å². The van der Waals surface area contributed by atoms with Crippen molar-refractivity contribution in [1.82, 2.24) is 14.3 Å². The number of sulfonamides is 1. The summed E-state index contributed by atoms with van der Waals surface area (Å²) in [5, 5.41) is 0. The molecule has 5 nitrogen and oxygen atoms in total. The van der Waals surface area contributed by atoms with Crippen molar-refractivity contribution >= 4 is 10.0 Å². The van der Waals surface area contributed by atoms with Crippen LogP contribution in [0.15, 0.2) is 71.9 Å². The molecule has 0 amide bonds. The number of hydrogen-bond acceptors (Lipinski definition) is 3. The van der Waals surface area contributed by atoms with Crippen LogP contribution in [-0.4, -0.2) is 24.5 Å². The minimum atomic E-state index is -3.47. The Hall–Kier alpha value is -2.44. The molecule has 1 N–H and O–H groups in total. The van der Waals surface area contributed by atoms with Crippen molar-refractivity contribution in [2.45, 2.75) is 37.6 Å². The van der Waals surface area contributed by atoms with E-state index in [4.69, 9.17) is 0 Å². The predicted molar refractivity (Wildman–Crippen MR) is 108 cm³/mol. The Morgan fingerprint density at radius 2 is 1.78 bits per heavy atom. The minimum Gasteiger partial charge on any atom is -0.331 e. The number of aryl methyl sites for hydroxylation is 2. The smallest absolute Gasteiger partial charge is 0.240 e. The molecular weight excluding hydrogens is 358 g/mol. The maximum absolute atomic E-state index is 12.4. The van der Waals surface area contributed by atoms with E-state index >= 15 is 0 Å². The van der Waals surface area contributed by atoms with Gasteiger partial charge in [0, 0.05) is 31.0 Å². The lowest BCUT2D eigenvalue weighted by Crippen LogP contribution is -2.25. The molecule has 0 fully saturated rings. The van der Waals surface area contributed by atoms with Gasteiger partial charge in [0.1, 0.15) is 5.82 Å². The molecule has 27 heavy (non-hydrogen) atoms. The first-order valence-corrected chi connectivity index (χ1v) is 10.7.